The maximum absolute atomic E-state index is 9.30. The van der Waals surface area contributed by atoms with Crippen molar-refractivity contribution in [3.8, 4) is 0 Å². The first-order valence-corrected chi connectivity index (χ1v) is 3.77. The summed E-state index contributed by atoms with van der Waals surface area (Å²) < 4.78 is 6.34. The molecule has 0 spiro atoms. The number of rotatable bonds is 3. The van der Waals surface area contributed by atoms with Gasteiger partial charge < -0.3 is 9.84 Å². The zero-order valence-electron chi connectivity index (χ0n) is 7.43. The Bertz CT molecular complexity index is 247. The van der Waals surface area contributed by atoms with Crippen LogP contribution in [0.2, 0.25) is 0 Å². The molecule has 0 saturated carbocycles. The third-order valence-corrected chi connectivity index (χ3v) is 1.53. The molecule has 1 N–H and O–H groups in total. The molecule has 0 aliphatic heterocycles. The van der Waals surface area contributed by atoms with E-state index < -0.39 is 6.29 Å². The van der Waals surface area contributed by atoms with Gasteiger partial charge in [-0.1, -0.05) is 0 Å². The lowest BCUT2D eigenvalue weighted by atomic mass is 10.4. The first kappa shape index (κ1) is 9.15. The molecule has 1 heterocycles. The van der Waals surface area contributed by atoms with Crippen LogP contribution in [0, 0.1) is 0 Å². The highest BCUT2D eigenvalue weighted by atomic mass is 16.6. The molecule has 0 aliphatic rings. The molecule has 68 valence electrons. The van der Waals surface area contributed by atoms with Crippen molar-refractivity contribution in [1.29, 1.82) is 0 Å². The van der Waals surface area contributed by atoms with Crippen LogP contribution in [0.25, 0.3) is 0 Å². The lowest BCUT2D eigenvalue weighted by molar-refractivity contribution is -0.0861. The van der Waals surface area contributed by atoms with Crippen molar-refractivity contribution in [3.05, 3.63) is 12.2 Å². The molecule has 1 unspecified atom stereocenters. The molecule has 0 saturated heterocycles. The Hall–Kier alpha value is -0.940. The van der Waals surface area contributed by atoms with E-state index in [1.807, 2.05) is 13.8 Å². The van der Waals surface area contributed by atoms with E-state index in [1.54, 1.807) is 4.68 Å². The molecule has 1 atom stereocenters. The lowest BCUT2D eigenvalue weighted by Gasteiger charge is -2.12. The Balaban J connectivity index is 2.91. The van der Waals surface area contributed by atoms with Crippen molar-refractivity contribution in [2.24, 2.45) is 0 Å². The zero-order valence-corrected chi connectivity index (χ0v) is 7.43. The molecule has 5 nitrogen and oxygen atoms in total. The van der Waals surface area contributed by atoms with Crippen molar-refractivity contribution in [1.82, 2.24) is 14.8 Å². The van der Waals surface area contributed by atoms with Crippen molar-refractivity contribution < 1.29 is 9.84 Å². The van der Waals surface area contributed by atoms with Crippen LogP contribution in [-0.2, 0) is 4.74 Å². The molecule has 0 aromatic carbocycles. The standard InChI is InChI=1S/C7H13N3O2/c1-5(2)10-6(7(11)12-3)8-4-9-10/h4-5,7,11H,1-3H3. The van der Waals surface area contributed by atoms with E-state index in [0.29, 0.717) is 5.82 Å². The van der Waals surface area contributed by atoms with Gasteiger partial charge in [-0.05, 0) is 13.8 Å². The molecule has 0 bridgehead atoms. The highest BCUT2D eigenvalue weighted by Gasteiger charge is 2.15. The normalized spacial score (nSPS) is 13.8. The number of methoxy groups -OCH3 is 1. The average Bonchev–Trinajstić information content (AvgIpc) is 2.50. The fourth-order valence-corrected chi connectivity index (χ4v) is 0.939. The maximum atomic E-state index is 9.30. The van der Waals surface area contributed by atoms with Crippen LogP contribution in [0.15, 0.2) is 6.33 Å². The van der Waals surface area contributed by atoms with Crippen molar-refractivity contribution in [2.45, 2.75) is 26.2 Å². The first-order valence-electron chi connectivity index (χ1n) is 3.77. The number of aromatic nitrogens is 3. The van der Waals surface area contributed by atoms with Gasteiger partial charge in [0.1, 0.15) is 6.33 Å². The second-order valence-corrected chi connectivity index (χ2v) is 2.74. The van der Waals surface area contributed by atoms with Gasteiger partial charge in [-0.15, -0.1) is 0 Å². The smallest absolute Gasteiger partial charge is 0.216 e. The largest absolute Gasteiger partial charge is 0.362 e. The highest BCUT2D eigenvalue weighted by Crippen LogP contribution is 2.13. The van der Waals surface area contributed by atoms with Gasteiger partial charge in [-0.2, -0.15) is 5.10 Å². The van der Waals surface area contributed by atoms with E-state index >= 15 is 0 Å². The van der Waals surface area contributed by atoms with Gasteiger partial charge in [-0.3, -0.25) is 0 Å². The van der Waals surface area contributed by atoms with Crippen molar-refractivity contribution in [3.63, 3.8) is 0 Å². The minimum absolute atomic E-state index is 0.173. The summed E-state index contributed by atoms with van der Waals surface area (Å²) in [6.45, 7) is 3.92. The monoisotopic (exact) mass is 171 g/mol. The molecule has 12 heavy (non-hydrogen) atoms. The first-order chi connectivity index (χ1) is 5.66. The Morgan fingerprint density at radius 1 is 1.58 bits per heavy atom. The Labute approximate surface area is 71.0 Å². The van der Waals surface area contributed by atoms with Crippen molar-refractivity contribution >= 4 is 0 Å². The van der Waals surface area contributed by atoms with Gasteiger partial charge in [-0.25, -0.2) is 9.67 Å². The minimum atomic E-state index is -0.991. The van der Waals surface area contributed by atoms with Crippen molar-refractivity contribution in [2.75, 3.05) is 7.11 Å². The Morgan fingerprint density at radius 2 is 2.25 bits per heavy atom. The number of hydrogen-bond acceptors (Lipinski definition) is 4. The Kier molecular flexibility index (Phi) is 2.78. The average molecular weight is 171 g/mol. The summed E-state index contributed by atoms with van der Waals surface area (Å²) in [5.41, 5.74) is 0. The predicted octanol–water partition coefficient (Wildman–Crippen LogP) is 0.496. The van der Waals surface area contributed by atoms with E-state index in [0.717, 1.165) is 0 Å². The number of ether oxygens (including phenoxy) is 1. The van der Waals surface area contributed by atoms with Gasteiger partial charge in [0.15, 0.2) is 5.82 Å². The topological polar surface area (TPSA) is 60.2 Å². The van der Waals surface area contributed by atoms with Gasteiger partial charge in [0.2, 0.25) is 6.29 Å². The Morgan fingerprint density at radius 3 is 2.75 bits per heavy atom. The molecule has 1 aromatic rings. The van der Waals surface area contributed by atoms with Gasteiger partial charge in [0.05, 0.1) is 0 Å². The maximum Gasteiger partial charge on any atom is 0.216 e. The van der Waals surface area contributed by atoms with E-state index in [1.165, 1.54) is 13.4 Å². The molecule has 0 fully saturated rings. The number of aliphatic hydroxyl groups is 1. The molecule has 1 aromatic heterocycles. The number of hydrogen-bond donors (Lipinski definition) is 1. The predicted molar refractivity (Wildman–Crippen MR) is 42.4 cm³/mol. The van der Waals surface area contributed by atoms with E-state index in [4.69, 9.17) is 4.74 Å². The van der Waals surface area contributed by atoms with Crippen LogP contribution in [0.5, 0.6) is 0 Å². The molecule has 1 rings (SSSR count). The van der Waals surface area contributed by atoms with Crippen LogP contribution >= 0.6 is 0 Å². The minimum Gasteiger partial charge on any atom is -0.362 e. The number of nitrogens with zero attached hydrogens (tertiary/aromatic N) is 3. The third kappa shape index (κ3) is 1.62. The zero-order chi connectivity index (χ0) is 9.14. The molecule has 0 radical (unpaired) electrons. The van der Waals surface area contributed by atoms with Gasteiger partial charge in [0, 0.05) is 13.2 Å². The molecular formula is C7H13N3O2. The van der Waals surface area contributed by atoms with Crippen LogP contribution in [0.4, 0.5) is 0 Å². The molecule has 0 aliphatic carbocycles. The number of aliphatic hydroxyl groups excluding tert-OH is 1. The molecule has 0 amide bonds. The van der Waals surface area contributed by atoms with E-state index in [9.17, 15) is 5.11 Å². The van der Waals surface area contributed by atoms with Gasteiger partial charge in [0.25, 0.3) is 0 Å². The summed E-state index contributed by atoms with van der Waals surface area (Å²) in [6, 6.07) is 0.173. The van der Waals surface area contributed by atoms with Crippen LogP contribution in [0.1, 0.15) is 32.0 Å². The summed E-state index contributed by atoms with van der Waals surface area (Å²) in [7, 11) is 1.42. The second kappa shape index (κ2) is 3.64. The van der Waals surface area contributed by atoms with Gasteiger partial charge >= 0.3 is 0 Å². The summed E-state index contributed by atoms with van der Waals surface area (Å²) >= 11 is 0. The summed E-state index contributed by atoms with van der Waals surface area (Å²) in [4.78, 5) is 3.89. The third-order valence-electron chi connectivity index (χ3n) is 1.53. The molecule has 5 heteroatoms. The highest BCUT2D eigenvalue weighted by molar-refractivity contribution is 4.87. The summed E-state index contributed by atoms with van der Waals surface area (Å²) in [5.74, 6) is 0.438. The van der Waals surface area contributed by atoms with Crippen LogP contribution < -0.4 is 0 Å². The summed E-state index contributed by atoms with van der Waals surface area (Å²) in [6.07, 6.45) is 0.410. The lowest BCUT2D eigenvalue weighted by Crippen LogP contribution is -2.13. The second-order valence-electron chi connectivity index (χ2n) is 2.74. The van der Waals surface area contributed by atoms with E-state index in [-0.39, 0.29) is 6.04 Å². The fourth-order valence-electron chi connectivity index (χ4n) is 0.939. The van der Waals surface area contributed by atoms with Crippen LogP contribution in [-0.4, -0.2) is 27.0 Å². The van der Waals surface area contributed by atoms with E-state index in [2.05, 4.69) is 10.1 Å². The van der Waals surface area contributed by atoms with Crippen LogP contribution in [0.3, 0.4) is 0 Å². The molecular weight excluding hydrogens is 158 g/mol. The SMILES string of the molecule is COC(O)c1ncnn1C(C)C. The summed E-state index contributed by atoms with van der Waals surface area (Å²) in [5, 5.41) is 13.3. The quantitative estimate of drug-likeness (QED) is 0.672. The fraction of sp³-hybridized carbons (Fsp3) is 0.714.